The van der Waals surface area contributed by atoms with Crippen molar-refractivity contribution in [3.63, 3.8) is 0 Å². The molecule has 0 amide bonds. The molecule has 0 fully saturated rings. The van der Waals surface area contributed by atoms with Gasteiger partial charge in [0.1, 0.15) is 5.60 Å². The van der Waals surface area contributed by atoms with Gasteiger partial charge in [0, 0.05) is 11.1 Å². The Morgan fingerprint density at radius 1 is 0.933 bits per heavy atom. The number of benzene rings is 2. The maximum absolute atomic E-state index is 11.9. The molecule has 6 heteroatoms. The van der Waals surface area contributed by atoms with Gasteiger partial charge in [-0.25, -0.2) is 9.59 Å². The van der Waals surface area contributed by atoms with Crippen LogP contribution in [0.15, 0.2) is 66.8 Å². The number of hydrogen-bond acceptors (Lipinski definition) is 6. The highest BCUT2D eigenvalue weighted by Crippen LogP contribution is 2.34. The van der Waals surface area contributed by atoms with Gasteiger partial charge < -0.3 is 19.7 Å². The quantitative estimate of drug-likeness (QED) is 0.397. The van der Waals surface area contributed by atoms with E-state index in [1.54, 1.807) is 44.2 Å². The molecule has 1 unspecified atom stereocenters. The topological polar surface area (TPSA) is 93.1 Å². The summed E-state index contributed by atoms with van der Waals surface area (Å²) in [6, 6.07) is 11.7. The van der Waals surface area contributed by atoms with Crippen molar-refractivity contribution in [2.24, 2.45) is 0 Å². The monoisotopic (exact) mass is 410 g/mol. The van der Waals surface area contributed by atoms with Crippen LogP contribution in [0.5, 0.6) is 11.5 Å². The smallest absolute Gasteiger partial charge is 0.338 e. The first-order valence-electron chi connectivity index (χ1n) is 9.30. The van der Waals surface area contributed by atoms with Crippen molar-refractivity contribution in [3.8, 4) is 22.6 Å². The minimum atomic E-state index is -1.31. The van der Waals surface area contributed by atoms with Gasteiger partial charge in [0.15, 0.2) is 17.6 Å². The molecular formula is C24H26O6. The minimum absolute atomic E-state index is 0.0390. The number of phenolic OH excluding ortho intramolecular Hbond substituents is 1. The van der Waals surface area contributed by atoms with Crippen molar-refractivity contribution < 1.29 is 29.3 Å². The summed E-state index contributed by atoms with van der Waals surface area (Å²) < 4.78 is 10.5. The zero-order valence-electron chi connectivity index (χ0n) is 17.6. The van der Waals surface area contributed by atoms with E-state index in [0.717, 1.165) is 5.56 Å². The molecule has 1 atom stereocenters. The zero-order valence-corrected chi connectivity index (χ0v) is 17.6. The molecule has 0 spiro atoms. The van der Waals surface area contributed by atoms with Crippen molar-refractivity contribution in [2.75, 3.05) is 0 Å². The molecule has 30 heavy (non-hydrogen) atoms. The van der Waals surface area contributed by atoms with Gasteiger partial charge in [-0.15, -0.1) is 0 Å². The Morgan fingerprint density at radius 3 is 1.93 bits per heavy atom. The van der Waals surface area contributed by atoms with Crippen LogP contribution in [0.2, 0.25) is 0 Å². The Morgan fingerprint density at radius 2 is 1.47 bits per heavy atom. The van der Waals surface area contributed by atoms with Crippen LogP contribution in [-0.2, 0) is 14.3 Å². The number of aliphatic hydroxyl groups is 1. The number of esters is 2. The third-order valence-electron chi connectivity index (χ3n) is 4.27. The molecule has 2 N–H and O–H groups in total. The molecule has 6 nitrogen and oxygen atoms in total. The van der Waals surface area contributed by atoms with E-state index in [4.69, 9.17) is 9.47 Å². The highest BCUT2D eigenvalue weighted by molar-refractivity contribution is 5.89. The maximum Gasteiger partial charge on any atom is 0.338 e. The van der Waals surface area contributed by atoms with Gasteiger partial charge in [-0.2, -0.15) is 0 Å². The molecule has 2 rings (SSSR count). The van der Waals surface area contributed by atoms with Crippen molar-refractivity contribution in [3.05, 3.63) is 72.3 Å². The lowest BCUT2D eigenvalue weighted by Crippen LogP contribution is -2.32. The first-order chi connectivity index (χ1) is 13.9. The average Bonchev–Trinajstić information content (AvgIpc) is 2.66. The second-order valence-electron chi connectivity index (χ2n) is 7.69. The van der Waals surface area contributed by atoms with Gasteiger partial charge >= 0.3 is 11.9 Å². The second-order valence-corrected chi connectivity index (χ2v) is 7.69. The molecule has 158 valence electrons. The van der Waals surface area contributed by atoms with Gasteiger partial charge in [-0.05, 0) is 56.5 Å². The number of ether oxygens (including phenoxy) is 2. The molecule has 0 bridgehead atoms. The lowest BCUT2D eigenvalue weighted by molar-refractivity contribution is -0.158. The molecule has 0 heterocycles. The Kier molecular flexibility index (Phi) is 6.84. The van der Waals surface area contributed by atoms with E-state index < -0.39 is 23.6 Å². The number of rotatable bonds is 7. The lowest BCUT2D eigenvalue weighted by atomic mass is 9.93. The predicted octanol–water partition coefficient (Wildman–Crippen LogP) is 4.47. The second kappa shape index (κ2) is 8.97. The number of hydrogen-bond donors (Lipinski definition) is 2. The van der Waals surface area contributed by atoms with E-state index in [-0.39, 0.29) is 22.6 Å². The van der Waals surface area contributed by atoms with Crippen LogP contribution >= 0.6 is 0 Å². The van der Waals surface area contributed by atoms with E-state index in [1.165, 1.54) is 26.0 Å². The molecule has 0 aliphatic heterocycles. The molecule has 0 radical (unpaired) electrons. The average molecular weight is 410 g/mol. The molecule has 0 aliphatic carbocycles. The molecule has 2 aromatic carbocycles. The van der Waals surface area contributed by atoms with Crippen molar-refractivity contribution >= 4 is 11.9 Å². The molecule has 0 aliphatic rings. The third-order valence-corrected chi connectivity index (χ3v) is 4.27. The summed E-state index contributed by atoms with van der Waals surface area (Å²) in [5.74, 6) is -1.35. The van der Waals surface area contributed by atoms with Gasteiger partial charge in [-0.3, -0.25) is 0 Å². The fourth-order valence-corrected chi connectivity index (χ4v) is 2.65. The number of phenols is 1. The Hall–Kier alpha value is -3.38. The Bertz CT molecular complexity index is 980. The fraction of sp³-hybridized carbons (Fsp3) is 0.250. The molecule has 0 aromatic heterocycles. The summed E-state index contributed by atoms with van der Waals surface area (Å²) in [5, 5.41) is 20.6. The minimum Gasteiger partial charge on any atom is -0.504 e. The van der Waals surface area contributed by atoms with Crippen LogP contribution in [0.25, 0.3) is 11.1 Å². The zero-order chi connectivity index (χ0) is 22.6. The van der Waals surface area contributed by atoms with Gasteiger partial charge in [0.2, 0.25) is 0 Å². The van der Waals surface area contributed by atoms with E-state index in [2.05, 4.69) is 13.2 Å². The van der Waals surface area contributed by atoms with Crippen LogP contribution in [0, 0.1) is 0 Å². The Labute approximate surface area is 176 Å². The van der Waals surface area contributed by atoms with Gasteiger partial charge in [0.25, 0.3) is 0 Å². The van der Waals surface area contributed by atoms with E-state index in [1.807, 2.05) is 0 Å². The largest absolute Gasteiger partial charge is 0.504 e. The lowest BCUT2D eigenvalue weighted by Gasteiger charge is -2.29. The predicted molar refractivity (Wildman–Crippen MR) is 114 cm³/mol. The van der Waals surface area contributed by atoms with Crippen molar-refractivity contribution in [2.45, 2.75) is 39.4 Å². The third kappa shape index (κ3) is 5.58. The highest BCUT2D eigenvalue weighted by Gasteiger charge is 2.32. The molecule has 0 saturated carbocycles. The summed E-state index contributed by atoms with van der Waals surface area (Å²) in [6.45, 7) is 13.2. The molecule has 2 aromatic rings. The Balaban J connectivity index is 2.28. The first kappa shape index (κ1) is 22.9. The SMILES string of the molecule is C=C(C)C(=O)Oc1ccc(-c2ccc(C(OC(=O)C(=C)C)C(C)(C)O)cc2)cc1O. The van der Waals surface area contributed by atoms with Crippen LogP contribution < -0.4 is 4.74 Å². The van der Waals surface area contributed by atoms with Gasteiger partial charge in [-0.1, -0.05) is 43.5 Å². The molecule has 0 saturated heterocycles. The van der Waals surface area contributed by atoms with E-state index >= 15 is 0 Å². The maximum atomic E-state index is 11.9. The van der Waals surface area contributed by atoms with Crippen LogP contribution in [-0.4, -0.2) is 27.8 Å². The van der Waals surface area contributed by atoms with Crippen molar-refractivity contribution in [1.82, 2.24) is 0 Å². The standard InChI is InChI=1S/C24H26O6/c1-14(2)22(26)29-20-12-11-18(13-19(20)25)16-7-9-17(10-8-16)21(24(5,6)28)30-23(27)15(3)4/h7-13,21,25,28H,1,3H2,2,4-6H3. The van der Waals surface area contributed by atoms with E-state index in [9.17, 15) is 19.8 Å². The summed E-state index contributed by atoms with van der Waals surface area (Å²) in [7, 11) is 0. The summed E-state index contributed by atoms with van der Waals surface area (Å²) >= 11 is 0. The van der Waals surface area contributed by atoms with Crippen LogP contribution in [0.1, 0.15) is 39.4 Å². The van der Waals surface area contributed by atoms with Gasteiger partial charge in [0.05, 0.1) is 0 Å². The normalized spacial score (nSPS) is 12.0. The first-order valence-corrected chi connectivity index (χ1v) is 9.30. The number of carbonyl (C=O) groups excluding carboxylic acids is 2. The van der Waals surface area contributed by atoms with E-state index in [0.29, 0.717) is 11.1 Å². The summed E-state index contributed by atoms with van der Waals surface area (Å²) in [4.78, 5) is 23.6. The molecular weight excluding hydrogens is 384 g/mol. The number of carbonyl (C=O) groups is 2. The fourth-order valence-electron chi connectivity index (χ4n) is 2.65. The van der Waals surface area contributed by atoms with Crippen LogP contribution in [0.3, 0.4) is 0 Å². The number of aromatic hydroxyl groups is 1. The summed E-state index contributed by atoms with van der Waals surface area (Å²) in [6.07, 6.45) is -0.881. The summed E-state index contributed by atoms with van der Waals surface area (Å²) in [5.41, 5.74) is 1.23. The highest BCUT2D eigenvalue weighted by atomic mass is 16.6. The van der Waals surface area contributed by atoms with Crippen molar-refractivity contribution in [1.29, 1.82) is 0 Å². The van der Waals surface area contributed by atoms with Crippen LogP contribution in [0.4, 0.5) is 0 Å².